The van der Waals surface area contributed by atoms with Crippen molar-refractivity contribution in [3.8, 4) is 0 Å². The van der Waals surface area contributed by atoms with Gasteiger partial charge in [-0.3, -0.25) is 0 Å². The van der Waals surface area contributed by atoms with Gasteiger partial charge in [0.1, 0.15) is 0 Å². The van der Waals surface area contributed by atoms with Gasteiger partial charge in [0.15, 0.2) is 0 Å². The van der Waals surface area contributed by atoms with E-state index in [9.17, 15) is 0 Å². The predicted octanol–water partition coefficient (Wildman–Crippen LogP) is 4.17. The highest BCUT2D eigenvalue weighted by Gasteiger charge is 2.19. The first-order valence-electron chi connectivity index (χ1n) is 6.95. The molecule has 2 N–H and O–H groups in total. The highest BCUT2D eigenvalue weighted by atomic mass is 35.5. The molecule has 106 valence electrons. The molecule has 0 aliphatic heterocycles. The Balaban J connectivity index is 2.39. The normalized spacial score (nSPS) is 12.2. The zero-order valence-corrected chi connectivity index (χ0v) is 12.8. The van der Waals surface area contributed by atoms with Gasteiger partial charge >= 0.3 is 0 Å². The van der Waals surface area contributed by atoms with E-state index in [1.54, 1.807) is 0 Å². The fraction of sp³-hybridized carbons (Fsp3) is 0.294. The van der Waals surface area contributed by atoms with Gasteiger partial charge in [0, 0.05) is 23.8 Å². The van der Waals surface area contributed by atoms with Gasteiger partial charge in [0.2, 0.25) is 0 Å². The number of para-hydroxylation sites is 1. The van der Waals surface area contributed by atoms with Crippen LogP contribution >= 0.6 is 11.6 Å². The summed E-state index contributed by atoms with van der Waals surface area (Å²) in [4.78, 5) is 2.33. The van der Waals surface area contributed by atoms with E-state index < -0.39 is 0 Å². The third kappa shape index (κ3) is 3.14. The molecule has 0 saturated carbocycles. The van der Waals surface area contributed by atoms with Gasteiger partial charge in [0.05, 0.1) is 6.04 Å². The van der Waals surface area contributed by atoms with Crippen molar-refractivity contribution in [2.45, 2.75) is 19.9 Å². The van der Waals surface area contributed by atoms with Crippen molar-refractivity contribution in [1.82, 2.24) is 0 Å². The van der Waals surface area contributed by atoms with Gasteiger partial charge < -0.3 is 10.6 Å². The van der Waals surface area contributed by atoms with Crippen molar-refractivity contribution in [1.29, 1.82) is 0 Å². The first kappa shape index (κ1) is 14.9. The molecule has 0 amide bonds. The van der Waals surface area contributed by atoms with Crippen LogP contribution in [-0.4, -0.2) is 13.1 Å². The first-order chi connectivity index (χ1) is 9.67. The van der Waals surface area contributed by atoms with Crippen LogP contribution in [0.15, 0.2) is 48.5 Å². The van der Waals surface area contributed by atoms with Crippen molar-refractivity contribution in [3.05, 3.63) is 64.7 Å². The number of nitrogens with two attached hydrogens (primary N) is 1. The molecule has 1 atom stereocenters. The van der Waals surface area contributed by atoms with Gasteiger partial charge in [-0.1, -0.05) is 35.9 Å². The number of hydrogen-bond donors (Lipinski definition) is 1. The molecule has 2 rings (SSSR count). The summed E-state index contributed by atoms with van der Waals surface area (Å²) in [6.07, 6.45) is 0. The first-order valence-corrected chi connectivity index (χ1v) is 7.33. The van der Waals surface area contributed by atoms with Crippen LogP contribution in [0.3, 0.4) is 0 Å². The predicted molar refractivity (Wildman–Crippen MR) is 87.4 cm³/mol. The number of likely N-dealkylation sites (N-methyl/N-ethyl adjacent to an activating group) is 1. The summed E-state index contributed by atoms with van der Waals surface area (Å²) in [5, 5.41) is 0.768. The minimum atomic E-state index is 0.166. The minimum absolute atomic E-state index is 0.166. The van der Waals surface area contributed by atoms with Crippen LogP contribution in [0.2, 0.25) is 5.02 Å². The Morgan fingerprint density at radius 1 is 1.15 bits per heavy atom. The molecule has 20 heavy (non-hydrogen) atoms. The molecule has 1 unspecified atom stereocenters. The number of anilines is 1. The summed E-state index contributed by atoms with van der Waals surface area (Å²) in [5.41, 5.74) is 9.67. The Morgan fingerprint density at radius 2 is 1.85 bits per heavy atom. The van der Waals surface area contributed by atoms with E-state index in [-0.39, 0.29) is 6.04 Å². The lowest BCUT2D eigenvalue weighted by Crippen LogP contribution is -2.34. The summed E-state index contributed by atoms with van der Waals surface area (Å²) >= 11 is 6.05. The van der Waals surface area contributed by atoms with Crippen molar-refractivity contribution >= 4 is 17.3 Å². The third-order valence-electron chi connectivity index (χ3n) is 3.62. The van der Waals surface area contributed by atoms with Crippen molar-refractivity contribution in [2.75, 3.05) is 18.0 Å². The van der Waals surface area contributed by atoms with E-state index >= 15 is 0 Å². The van der Waals surface area contributed by atoms with Crippen LogP contribution in [-0.2, 0) is 0 Å². The van der Waals surface area contributed by atoms with E-state index in [0.717, 1.165) is 11.6 Å². The molecule has 0 spiro atoms. The number of halogens is 1. The van der Waals surface area contributed by atoms with Crippen LogP contribution in [0.25, 0.3) is 0 Å². The second-order valence-corrected chi connectivity index (χ2v) is 5.31. The number of rotatable bonds is 5. The standard InChI is InChI=1S/C17H21ClN2/c1-3-20(15-7-5-4-6-8-15)17(12-19)16-10-9-14(18)11-13(16)2/h4-11,17H,3,12,19H2,1-2H3. The summed E-state index contributed by atoms with van der Waals surface area (Å²) in [6, 6.07) is 16.6. The zero-order chi connectivity index (χ0) is 14.5. The van der Waals surface area contributed by atoms with Crippen molar-refractivity contribution < 1.29 is 0 Å². The molecule has 0 aliphatic carbocycles. The van der Waals surface area contributed by atoms with Crippen LogP contribution in [0.5, 0.6) is 0 Å². The third-order valence-corrected chi connectivity index (χ3v) is 3.85. The molecular weight excluding hydrogens is 268 g/mol. The Bertz CT molecular complexity index is 554. The van der Waals surface area contributed by atoms with E-state index in [1.165, 1.54) is 16.8 Å². The number of hydrogen-bond acceptors (Lipinski definition) is 2. The number of aryl methyl sites for hydroxylation is 1. The maximum Gasteiger partial charge on any atom is 0.0667 e. The van der Waals surface area contributed by atoms with Gasteiger partial charge in [-0.25, -0.2) is 0 Å². The second kappa shape index (κ2) is 6.78. The highest BCUT2D eigenvalue weighted by Crippen LogP contribution is 2.29. The maximum atomic E-state index is 6.05. The molecule has 2 nitrogen and oxygen atoms in total. The molecule has 0 aromatic heterocycles. The molecule has 0 fully saturated rings. The molecule has 3 heteroatoms. The Kier molecular flexibility index (Phi) is 5.05. The molecule has 0 radical (unpaired) electrons. The SMILES string of the molecule is CCN(c1ccccc1)C(CN)c1ccc(Cl)cc1C. The van der Waals surface area contributed by atoms with Crippen LogP contribution < -0.4 is 10.6 Å². The Labute approximate surface area is 126 Å². The molecule has 2 aromatic carbocycles. The quantitative estimate of drug-likeness (QED) is 0.894. The summed E-state index contributed by atoms with van der Waals surface area (Å²) in [6.45, 7) is 5.72. The van der Waals surface area contributed by atoms with Gasteiger partial charge in [-0.05, 0) is 49.2 Å². The van der Waals surface area contributed by atoms with Crippen LogP contribution in [0, 0.1) is 6.92 Å². The minimum Gasteiger partial charge on any atom is -0.363 e. The topological polar surface area (TPSA) is 29.3 Å². The fourth-order valence-corrected chi connectivity index (χ4v) is 2.86. The van der Waals surface area contributed by atoms with Gasteiger partial charge in [-0.2, -0.15) is 0 Å². The second-order valence-electron chi connectivity index (χ2n) is 4.87. The largest absolute Gasteiger partial charge is 0.363 e. The molecule has 2 aromatic rings. The van der Waals surface area contributed by atoms with E-state index in [0.29, 0.717) is 6.54 Å². The molecular formula is C17H21ClN2. The fourth-order valence-electron chi connectivity index (χ4n) is 2.64. The van der Waals surface area contributed by atoms with Crippen molar-refractivity contribution in [2.24, 2.45) is 5.73 Å². The monoisotopic (exact) mass is 288 g/mol. The molecule has 0 bridgehead atoms. The smallest absolute Gasteiger partial charge is 0.0667 e. The van der Waals surface area contributed by atoms with Gasteiger partial charge in [-0.15, -0.1) is 0 Å². The Morgan fingerprint density at radius 3 is 2.40 bits per heavy atom. The van der Waals surface area contributed by atoms with E-state index in [1.807, 2.05) is 18.2 Å². The van der Waals surface area contributed by atoms with Crippen LogP contribution in [0.4, 0.5) is 5.69 Å². The summed E-state index contributed by atoms with van der Waals surface area (Å²) < 4.78 is 0. The number of nitrogens with zero attached hydrogens (tertiary/aromatic N) is 1. The highest BCUT2D eigenvalue weighted by molar-refractivity contribution is 6.30. The average Bonchev–Trinajstić information content (AvgIpc) is 2.46. The van der Waals surface area contributed by atoms with Crippen LogP contribution in [0.1, 0.15) is 24.1 Å². The molecule has 0 aliphatic rings. The molecule has 0 heterocycles. The van der Waals surface area contributed by atoms with Gasteiger partial charge in [0.25, 0.3) is 0 Å². The average molecular weight is 289 g/mol. The zero-order valence-electron chi connectivity index (χ0n) is 12.0. The lowest BCUT2D eigenvalue weighted by Gasteiger charge is -2.33. The summed E-state index contributed by atoms with van der Waals surface area (Å²) in [7, 11) is 0. The van der Waals surface area contributed by atoms with E-state index in [4.69, 9.17) is 17.3 Å². The number of benzene rings is 2. The van der Waals surface area contributed by atoms with Crippen molar-refractivity contribution in [3.63, 3.8) is 0 Å². The molecule has 0 saturated heterocycles. The Hall–Kier alpha value is -1.51. The van der Waals surface area contributed by atoms with E-state index in [2.05, 4.69) is 49.1 Å². The lowest BCUT2D eigenvalue weighted by atomic mass is 9.99. The lowest BCUT2D eigenvalue weighted by molar-refractivity contribution is 0.640. The maximum absolute atomic E-state index is 6.05. The summed E-state index contributed by atoms with van der Waals surface area (Å²) in [5.74, 6) is 0.